The van der Waals surface area contributed by atoms with Crippen LogP contribution in [-0.4, -0.2) is 15.0 Å². The third-order valence-corrected chi connectivity index (χ3v) is 4.05. The molecule has 1 atom stereocenters. The molecule has 0 saturated carbocycles. The van der Waals surface area contributed by atoms with Gasteiger partial charge in [0.25, 0.3) is 5.56 Å². The van der Waals surface area contributed by atoms with E-state index in [9.17, 15) is 22.8 Å². The molecule has 0 fully saturated rings. The first-order valence-corrected chi connectivity index (χ1v) is 7.40. The second-order valence-electron chi connectivity index (χ2n) is 5.64. The number of rotatable bonds is 2. The van der Waals surface area contributed by atoms with Crippen molar-refractivity contribution in [1.29, 1.82) is 0 Å². The van der Waals surface area contributed by atoms with Crippen LogP contribution in [0.2, 0.25) is 0 Å². The summed E-state index contributed by atoms with van der Waals surface area (Å²) >= 11 is 0. The van der Waals surface area contributed by atoms with E-state index in [0.29, 0.717) is 30.5 Å². The molecule has 0 radical (unpaired) electrons. The van der Waals surface area contributed by atoms with Crippen LogP contribution in [0.1, 0.15) is 42.1 Å². The molecule has 5 nitrogen and oxygen atoms in total. The van der Waals surface area contributed by atoms with Crippen molar-refractivity contribution in [2.24, 2.45) is 0 Å². The maximum Gasteiger partial charge on any atom is 0.433 e. The van der Waals surface area contributed by atoms with Crippen LogP contribution >= 0.6 is 0 Å². The molecule has 24 heavy (non-hydrogen) atoms. The molecule has 1 aliphatic carbocycles. The summed E-state index contributed by atoms with van der Waals surface area (Å²) in [5.41, 5.74) is -0.795. The molecule has 1 unspecified atom stereocenters. The minimum atomic E-state index is -4.51. The highest BCUT2D eigenvalue weighted by Crippen LogP contribution is 2.39. The fourth-order valence-corrected chi connectivity index (χ4v) is 2.96. The molecule has 0 aromatic carbocycles. The number of hydrogen-bond donors (Lipinski definition) is 2. The molecule has 0 aliphatic heterocycles. The Morgan fingerprint density at radius 2 is 2.00 bits per heavy atom. The Labute approximate surface area is 134 Å². The number of nitrogens with zero attached hydrogens (tertiary/aromatic N) is 1. The van der Waals surface area contributed by atoms with Crippen molar-refractivity contribution in [1.82, 2.24) is 15.0 Å². The Hall–Kier alpha value is -2.64. The van der Waals surface area contributed by atoms with Gasteiger partial charge in [-0.25, -0.2) is 4.79 Å². The minimum Gasteiger partial charge on any atom is -0.311 e. The van der Waals surface area contributed by atoms with E-state index in [1.807, 2.05) is 0 Å². The monoisotopic (exact) mass is 337 g/mol. The van der Waals surface area contributed by atoms with Gasteiger partial charge in [0.1, 0.15) is 0 Å². The van der Waals surface area contributed by atoms with Crippen LogP contribution in [0, 0.1) is 0 Å². The predicted octanol–water partition coefficient (Wildman–Crippen LogP) is 2.83. The van der Waals surface area contributed by atoms with E-state index >= 15 is 0 Å². The fourth-order valence-electron chi connectivity index (χ4n) is 2.96. The number of aromatic amines is 2. The van der Waals surface area contributed by atoms with E-state index in [0.717, 1.165) is 6.20 Å². The number of halogens is 3. The molecule has 8 heteroatoms. The summed E-state index contributed by atoms with van der Waals surface area (Å²) in [6.07, 6.45) is -0.266. The molecular formula is C16H14F3N3O2. The fraction of sp³-hybridized carbons (Fsp3) is 0.312. The normalized spacial score (nSPS) is 18.3. The van der Waals surface area contributed by atoms with Crippen molar-refractivity contribution >= 4 is 5.57 Å². The molecule has 126 valence electrons. The van der Waals surface area contributed by atoms with Crippen LogP contribution in [0.3, 0.4) is 0 Å². The number of H-pyrrole nitrogens is 2. The lowest BCUT2D eigenvalue weighted by atomic mass is 9.84. The summed E-state index contributed by atoms with van der Waals surface area (Å²) in [5.74, 6) is -0.102. The molecule has 2 N–H and O–H groups in total. The van der Waals surface area contributed by atoms with Crippen LogP contribution in [0.25, 0.3) is 5.57 Å². The van der Waals surface area contributed by atoms with Crippen LogP contribution < -0.4 is 11.2 Å². The number of alkyl halides is 3. The van der Waals surface area contributed by atoms with Gasteiger partial charge in [0.05, 0.1) is 0 Å². The van der Waals surface area contributed by atoms with Crippen molar-refractivity contribution in [3.05, 3.63) is 68.3 Å². The van der Waals surface area contributed by atoms with Crippen molar-refractivity contribution in [3.63, 3.8) is 0 Å². The van der Waals surface area contributed by atoms with Gasteiger partial charge in [0.2, 0.25) is 0 Å². The molecule has 0 amide bonds. The Bertz CT molecular complexity index is 868. The van der Waals surface area contributed by atoms with E-state index in [2.05, 4.69) is 15.0 Å². The van der Waals surface area contributed by atoms with Gasteiger partial charge in [-0.1, -0.05) is 12.1 Å². The van der Waals surface area contributed by atoms with Gasteiger partial charge in [-0.2, -0.15) is 13.2 Å². The maximum atomic E-state index is 13.1. The Morgan fingerprint density at radius 1 is 1.21 bits per heavy atom. The van der Waals surface area contributed by atoms with Gasteiger partial charge in [0.15, 0.2) is 5.69 Å². The molecule has 2 heterocycles. The van der Waals surface area contributed by atoms with Gasteiger partial charge in [0, 0.05) is 29.4 Å². The van der Waals surface area contributed by atoms with Crippen LogP contribution in [0.4, 0.5) is 13.2 Å². The first-order chi connectivity index (χ1) is 11.3. The SMILES string of the molecule is O=c1cc(C2CC=C(c3cccnc3C(F)(F)F)CC2)[nH]c(=O)[nH]1. The lowest BCUT2D eigenvalue weighted by Gasteiger charge is -2.23. The molecule has 0 saturated heterocycles. The average Bonchev–Trinajstić information content (AvgIpc) is 2.53. The van der Waals surface area contributed by atoms with E-state index in [4.69, 9.17) is 0 Å². The van der Waals surface area contributed by atoms with Gasteiger partial charge in [-0.15, -0.1) is 0 Å². The highest BCUT2D eigenvalue weighted by molar-refractivity contribution is 5.68. The van der Waals surface area contributed by atoms with E-state index < -0.39 is 23.1 Å². The van der Waals surface area contributed by atoms with Gasteiger partial charge < -0.3 is 4.98 Å². The van der Waals surface area contributed by atoms with E-state index in [1.54, 1.807) is 6.08 Å². The average molecular weight is 337 g/mol. The second-order valence-corrected chi connectivity index (χ2v) is 5.64. The van der Waals surface area contributed by atoms with Gasteiger partial charge >= 0.3 is 11.9 Å². The zero-order valence-corrected chi connectivity index (χ0v) is 12.5. The summed E-state index contributed by atoms with van der Waals surface area (Å²) in [6, 6.07) is 4.21. The first-order valence-electron chi connectivity index (χ1n) is 7.40. The standard InChI is InChI=1S/C16H14F3N3O2/c17-16(18,19)14-11(2-1-7-20-14)9-3-5-10(6-4-9)12-8-13(23)22-15(24)21-12/h1-3,7-8,10H,4-6H2,(H2,21,22,23,24). The molecule has 0 spiro atoms. The molecule has 2 aromatic rings. The molecule has 3 rings (SSSR count). The van der Waals surface area contributed by atoms with Crippen LogP contribution in [0.15, 0.2) is 40.1 Å². The minimum absolute atomic E-state index is 0.0860. The summed E-state index contributed by atoms with van der Waals surface area (Å²) in [7, 11) is 0. The summed E-state index contributed by atoms with van der Waals surface area (Å²) in [6.45, 7) is 0. The van der Waals surface area contributed by atoms with Crippen molar-refractivity contribution in [2.45, 2.75) is 31.4 Å². The van der Waals surface area contributed by atoms with E-state index in [1.165, 1.54) is 18.2 Å². The quantitative estimate of drug-likeness (QED) is 0.884. The Balaban J connectivity index is 1.89. The van der Waals surface area contributed by atoms with Crippen LogP contribution in [-0.2, 0) is 6.18 Å². The molecular weight excluding hydrogens is 323 g/mol. The molecule has 0 bridgehead atoms. The number of aromatic nitrogens is 3. The topological polar surface area (TPSA) is 78.6 Å². The third kappa shape index (κ3) is 3.32. The summed E-state index contributed by atoms with van der Waals surface area (Å²) in [5, 5.41) is 0. The van der Waals surface area contributed by atoms with Crippen molar-refractivity contribution in [3.8, 4) is 0 Å². The zero-order valence-electron chi connectivity index (χ0n) is 12.5. The van der Waals surface area contributed by atoms with Crippen molar-refractivity contribution < 1.29 is 13.2 Å². The molecule has 2 aromatic heterocycles. The van der Waals surface area contributed by atoms with Crippen LogP contribution in [0.5, 0.6) is 0 Å². The predicted molar refractivity (Wildman–Crippen MR) is 81.5 cm³/mol. The smallest absolute Gasteiger partial charge is 0.311 e. The zero-order chi connectivity index (χ0) is 17.3. The number of pyridine rings is 1. The van der Waals surface area contributed by atoms with Crippen molar-refractivity contribution in [2.75, 3.05) is 0 Å². The van der Waals surface area contributed by atoms with E-state index in [-0.39, 0.29) is 11.5 Å². The maximum absolute atomic E-state index is 13.1. The number of hydrogen-bond acceptors (Lipinski definition) is 3. The highest BCUT2D eigenvalue weighted by atomic mass is 19.4. The molecule has 1 aliphatic rings. The largest absolute Gasteiger partial charge is 0.433 e. The van der Waals surface area contributed by atoms with Gasteiger partial charge in [-0.3, -0.25) is 14.8 Å². The lowest BCUT2D eigenvalue weighted by Crippen LogP contribution is -2.24. The lowest BCUT2D eigenvalue weighted by molar-refractivity contribution is -0.141. The van der Waals surface area contributed by atoms with Gasteiger partial charge in [-0.05, 0) is 30.9 Å². The number of nitrogens with one attached hydrogen (secondary N) is 2. The number of allylic oxidation sites excluding steroid dienone is 2. The second kappa shape index (κ2) is 6.10. The Kier molecular flexibility index (Phi) is 4.13. The highest BCUT2D eigenvalue weighted by Gasteiger charge is 2.36. The summed E-state index contributed by atoms with van der Waals surface area (Å²) < 4.78 is 39.2. The third-order valence-electron chi connectivity index (χ3n) is 4.05. The Morgan fingerprint density at radius 3 is 2.62 bits per heavy atom. The summed E-state index contributed by atoms with van der Waals surface area (Å²) in [4.78, 5) is 30.8. The first kappa shape index (κ1) is 16.2.